The number of hydrogen-bond acceptors (Lipinski definition) is 15. The van der Waals surface area contributed by atoms with Crippen molar-refractivity contribution in [3.8, 4) is 0 Å². The minimum atomic E-state index is -5.01. The average molecular weight is 1560 g/mol. The van der Waals surface area contributed by atoms with Crippen molar-refractivity contribution in [2.45, 2.75) is 367 Å². The fraction of sp³-hybridized carbons (Fsp3) is 0.708. The van der Waals surface area contributed by atoms with Crippen LogP contribution in [0.1, 0.15) is 349 Å². The molecule has 0 bridgehead atoms. The minimum absolute atomic E-state index is 0.0299. The molecule has 0 amide bonds. The van der Waals surface area contributed by atoms with Crippen LogP contribution in [-0.2, 0) is 65.4 Å². The van der Waals surface area contributed by atoms with Gasteiger partial charge in [0.1, 0.15) is 19.3 Å². The number of aliphatic hydroxyl groups is 1. The standard InChI is InChI=1S/C89H152O17P2/c1-5-9-13-17-21-25-29-33-37-39-41-43-47-50-54-58-62-66-70-74-87(92)100-80-85(106-89(94)76-72-68-64-60-56-52-48-44-42-40-38-34-30-26-22-18-14-10-6-2)82-104-108(97,98)102-78-83(90)77-101-107(95,96)103-81-84(105-88(93)75-71-67-63-59-55-51-46-36-32-28-24-20-16-12-8-4)79-99-86(91)73-69-65-61-57-53-49-45-35-31-27-23-19-15-11-7-3/h9,13,21-22,25-26,33-38,41-46,50,54,62,66,83-85,90H,5-8,10-12,14-20,23-24,27-32,39-40,47-49,51-53,55-61,63-65,67-82H2,1-4H3,(H,95,96)(H,97,98)/b13-9-,25-21-,26-22-,37-33-,38-34-,43-41-,44-42-,45-35-,46-36-,54-50-,66-62-. The highest BCUT2D eigenvalue weighted by Gasteiger charge is 2.30. The van der Waals surface area contributed by atoms with Crippen LogP contribution in [0.3, 0.4) is 0 Å². The molecule has 620 valence electrons. The van der Waals surface area contributed by atoms with Crippen molar-refractivity contribution in [3.63, 3.8) is 0 Å². The van der Waals surface area contributed by atoms with E-state index in [-0.39, 0.29) is 25.7 Å². The molecule has 17 nitrogen and oxygen atoms in total. The molecule has 0 aromatic heterocycles. The zero-order chi connectivity index (χ0) is 78.9. The Bertz CT molecular complexity index is 2560. The molecule has 19 heteroatoms. The van der Waals surface area contributed by atoms with E-state index in [1.807, 2.05) is 18.2 Å². The Hall–Kier alpha value is -4.80. The van der Waals surface area contributed by atoms with Crippen LogP contribution in [-0.4, -0.2) is 96.7 Å². The number of carbonyl (C=O) groups is 4. The number of carbonyl (C=O) groups excluding carboxylic acids is 4. The van der Waals surface area contributed by atoms with Crippen LogP contribution in [0.15, 0.2) is 134 Å². The Morgan fingerprint density at radius 1 is 0.269 bits per heavy atom. The normalized spacial score (nSPS) is 14.5. The first-order valence-corrected chi connectivity index (χ1v) is 45.4. The number of phosphoric acid groups is 2. The lowest BCUT2D eigenvalue weighted by atomic mass is 10.1. The van der Waals surface area contributed by atoms with Crippen LogP contribution in [0.25, 0.3) is 0 Å². The van der Waals surface area contributed by atoms with E-state index >= 15 is 0 Å². The largest absolute Gasteiger partial charge is 0.472 e. The molecule has 0 aliphatic carbocycles. The van der Waals surface area contributed by atoms with Gasteiger partial charge in [0.05, 0.1) is 26.4 Å². The molecular weight excluding hydrogens is 1400 g/mol. The molecule has 0 aliphatic rings. The second-order valence-corrected chi connectivity index (χ2v) is 30.9. The Labute approximate surface area is 656 Å². The van der Waals surface area contributed by atoms with Gasteiger partial charge in [-0.3, -0.25) is 37.3 Å². The van der Waals surface area contributed by atoms with Gasteiger partial charge in [-0.05, 0) is 154 Å². The third-order valence-corrected chi connectivity index (χ3v) is 19.5. The van der Waals surface area contributed by atoms with Gasteiger partial charge in [-0.1, -0.05) is 303 Å². The highest BCUT2D eigenvalue weighted by molar-refractivity contribution is 7.47. The predicted molar refractivity (Wildman–Crippen MR) is 445 cm³/mol. The number of esters is 4. The maximum absolute atomic E-state index is 13.1. The number of rotatable bonds is 79. The monoisotopic (exact) mass is 1560 g/mol. The molecule has 3 N–H and O–H groups in total. The maximum Gasteiger partial charge on any atom is 0.472 e. The molecule has 0 spiro atoms. The quantitative estimate of drug-likeness (QED) is 0.0169. The van der Waals surface area contributed by atoms with Gasteiger partial charge in [0.2, 0.25) is 0 Å². The summed E-state index contributed by atoms with van der Waals surface area (Å²) in [5.74, 6) is -2.30. The summed E-state index contributed by atoms with van der Waals surface area (Å²) in [5.41, 5.74) is 0. The van der Waals surface area contributed by atoms with E-state index in [0.29, 0.717) is 32.1 Å². The van der Waals surface area contributed by atoms with Crippen LogP contribution in [0.5, 0.6) is 0 Å². The molecule has 0 aliphatic heterocycles. The van der Waals surface area contributed by atoms with Gasteiger partial charge in [0, 0.05) is 25.7 Å². The summed E-state index contributed by atoms with van der Waals surface area (Å²) >= 11 is 0. The highest BCUT2D eigenvalue weighted by Crippen LogP contribution is 2.45. The molecule has 108 heavy (non-hydrogen) atoms. The van der Waals surface area contributed by atoms with Gasteiger partial charge in [-0.2, -0.15) is 0 Å². The zero-order valence-corrected chi connectivity index (χ0v) is 69.8. The van der Waals surface area contributed by atoms with E-state index in [9.17, 15) is 43.2 Å². The average Bonchev–Trinajstić information content (AvgIpc) is 0.896. The number of allylic oxidation sites excluding steroid dienone is 22. The Balaban J connectivity index is 5.46. The summed E-state index contributed by atoms with van der Waals surface area (Å²) in [7, 11) is -10.00. The lowest BCUT2D eigenvalue weighted by molar-refractivity contribution is -0.161. The summed E-state index contributed by atoms with van der Waals surface area (Å²) in [6, 6.07) is 0. The summed E-state index contributed by atoms with van der Waals surface area (Å²) in [5, 5.41) is 10.7. The topological polar surface area (TPSA) is 237 Å². The van der Waals surface area contributed by atoms with Crippen LogP contribution in [0.2, 0.25) is 0 Å². The first kappa shape index (κ1) is 103. The van der Waals surface area contributed by atoms with E-state index in [1.54, 1.807) is 0 Å². The van der Waals surface area contributed by atoms with Crippen molar-refractivity contribution in [1.82, 2.24) is 0 Å². The molecule has 5 unspecified atom stereocenters. The summed E-state index contributed by atoms with van der Waals surface area (Å²) in [4.78, 5) is 73.2. The number of phosphoric ester groups is 2. The lowest BCUT2D eigenvalue weighted by Gasteiger charge is -2.21. The van der Waals surface area contributed by atoms with Crippen molar-refractivity contribution in [2.24, 2.45) is 0 Å². The molecule has 0 heterocycles. The first-order chi connectivity index (χ1) is 52.7. The second kappa shape index (κ2) is 80.3. The van der Waals surface area contributed by atoms with Gasteiger partial charge in [0.25, 0.3) is 0 Å². The van der Waals surface area contributed by atoms with E-state index in [0.717, 1.165) is 167 Å². The fourth-order valence-electron chi connectivity index (χ4n) is 11.1. The SMILES string of the molecule is CC/C=C\C/C=C\C/C=C\C/C=C\C/C=C\C/C=C\CCC(=O)OCC(COP(=O)(O)OCC(O)COP(=O)(O)OCC(COC(=O)CCCCCCC/C=C\CCCCCCCC)OC(=O)CCCCCCC/C=C\CCCCCCCC)OC(=O)CCCCCCCC/C=C\C/C=C\C/C=C\CCCCC. The highest BCUT2D eigenvalue weighted by atomic mass is 31.2. The van der Waals surface area contributed by atoms with Crippen molar-refractivity contribution < 1.29 is 80.2 Å². The molecule has 0 aromatic rings. The summed E-state index contributed by atoms with van der Waals surface area (Å²) in [6.45, 7) is 4.64. The van der Waals surface area contributed by atoms with Gasteiger partial charge >= 0.3 is 39.5 Å². The number of aliphatic hydroxyl groups excluding tert-OH is 1. The molecule has 0 aromatic carbocycles. The molecule has 0 radical (unpaired) electrons. The van der Waals surface area contributed by atoms with Gasteiger partial charge in [-0.15, -0.1) is 0 Å². The van der Waals surface area contributed by atoms with Crippen LogP contribution in [0, 0.1) is 0 Å². The third kappa shape index (κ3) is 79.3. The van der Waals surface area contributed by atoms with Crippen LogP contribution in [0.4, 0.5) is 0 Å². The number of unbranched alkanes of at least 4 members (excludes halogenated alkanes) is 31. The second-order valence-electron chi connectivity index (χ2n) is 28.0. The minimum Gasteiger partial charge on any atom is -0.462 e. The summed E-state index contributed by atoms with van der Waals surface area (Å²) in [6.07, 6.45) is 91.4. The molecule has 5 atom stereocenters. The molecule has 0 saturated heterocycles. The van der Waals surface area contributed by atoms with Crippen molar-refractivity contribution in [1.29, 1.82) is 0 Å². The van der Waals surface area contributed by atoms with Crippen LogP contribution >= 0.6 is 15.6 Å². The van der Waals surface area contributed by atoms with Gasteiger partial charge < -0.3 is 33.8 Å². The molecule has 0 fully saturated rings. The van der Waals surface area contributed by atoms with Crippen molar-refractivity contribution >= 4 is 39.5 Å². The van der Waals surface area contributed by atoms with E-state index in [4.69, 9.17) is 37.0 Å². The van der Waals surface area contributed by atoms with Crippen molar-refractivity contribution in [2.75, 3.05) is 39.6 Å². The Morgan fingerprint density at radius 3 is 0.824 bits per heavy atom. The Morgan fingerprint density at radius 2 is 0.500 bits per heavy atom. The van der Waals surface area contributed by atoms with Gasteiger partial charge in [-0.25, -0.2) is 9.13 Å². The predicted octanol–water partition coefficient (Wildman–Crippen LogP) is 25.2. The fourth-order valence-corrected chi connectivity index (χ4v) is 12.7. The number of hydrogen-bond donors (Lipinski definition) is 3. The summed E-state index contributed by atoms with van der Waals surface area (Å²) < 4.78 is 68.7. The van der Waals surface area contributed by atoms with Gasteiger partial charge in [0.15, 0.2) is 12.2 Å². The first-order valence-electron chi connectivity index (χ1n) is 42.4. The molecule has 0 rings (SSSR count). The lowest BCUT2D eigenvalue weighted by Crippen LogP contribution is -2.30. The maximum atomic E-state index is 13.1. The van der Waals surface area contributed by atoms with E-state index in [2.05, 4.69) is 143 Å². The Kier molecular flexibility index (Phi) is 76.7. The smallest absolute Gasteiger partial charge is 0.462 e. The molecule has 0 saturated carbocycles. The number of ether oxygens (including phenoxy) is 4. The van der Waals surface area contributed by atoms with E-state index in [1.165, 1.54) is 96.3 Å². The van der Waals surface area contributed by atoms with Crippen LogP contribution < -0.4 is 0 Å². The molecular formula is C89H152O17P2. The zero-order valence-electron chi connectivity index (χ0n) is 68.0. The third-order valence-electron chi connectivity index (χ3n) is 17.6. The van der Waals surface area contributed by atoms with E-state index < -0.39 is 97.5 Å². The van der Waals surface area contributed by atoms with Crippen molar-refractivity contribution in [3.05, 3.63) is 134 Å².